The van der Waals surface area contributed by atoms with E-state index >= 15 is 0 Å². The van der Waals surface area contributed by atoms with Gasteiger partial charge in [0.25, 0.3) is 0 Å². The van der Waals surface area contributed by atoms with Gasteiger partial charge in [0.2, 0.25) is 0 Å². The van der Waals surface area contributed by atoms with E-state index < -0.39 is 0 Å². The third kappa shape index (κ3) is 7.36. The van der Waals surface area contributed by atoms with Gasteiger partial charge in [-0.3, -0.25) is 0 Å². The van der Waals surface area contributed by atoms with Crippen LogP contribution in [0.15, 0.2) is 30.3 Å². The molecule has 4 nitrogen and oxygen atoms in total. The molecule has 0 aliphatic heterocycles. The second kappa shape index (κ2) is 11.6. The molecule has 1 aromatic carbocycles. The second-order valence-electron chi connectivity index (χ2n) is 5.04. The fourth-order valence-corrected chi connectivity index (χ4v) is 2.24. The Balaban J connectivity index is 2.47. The Labute approximate surface area is 134 Å². The Morgan fingerprint density at radius 3 is 2.18 bits per heavy atom. The summed E-state index contributed by atoms with van der Waals surface area (Å²) in [5, 5.41) is 0. The van der Waals surface area contributed by atoms with Crippen LogP contribution >= 0.6 is 0 Å². The highest BCUT2D eigenvalue weighted by Gasteiger charge is 2.24. The fourth-order valence-electron chi connectivity index (χ4n) is 2.24. The number of hydrogen-bond donors (Lipinski definition) is 0. The van der Waals surface area contributed by atoms with Crippen LogP contribution in [-0.2, 0) is 25.4 Å². The third-order valence-corrected chi connectivity index (χ3v) is 3.32. The Kier molecular flexibility index (Phi) is 10.1. The predicted molar refractivity (Wildman–Crippen MR) is 87.8 cm³/mol. The Morgan fingerprint density at radius 2 is 1.59 bits per heavy atom. The van der Waals surface area contributed by atoms with E-state index in [1.807, 2.05) is 39.0 Å². The molecule has 0 spiro atoms. The van der Waals surface area contributed by atoms with Crippen molar-refractivity contribution in [2.75, 3.05) is 19.8 Å². The lowest BCUT2D eigenvalue weighted by molar-refractivity contribution is -0.249. The van der Waals surface area contributed by atoms with Crippen LogP contribution in [0.2, 0.25) is 0 Å². The molecule has 0 heterocycles. The molecule has 4 heteroatoms. The second-order valence-corrected chi connectivity index (χ2v) is 5.04. The monoisotopic (exact) mass is 310 g/mol. The Hall–Kier alpha value is -0.940. The molecule has 0 amide bonds. The molecule has 22 heavy (non-hydrogen) atoms. The van der Waals surface area contributed by atoms with Crippen molar-refractivity contribution in [3.05, 3.63) is 35.9 Å². The summed E-state index contributed by atoms with van der Waals surface area (Å²) in [7, 11) is 0. The summed E-state index contributed by atoms with van der Waals surface area (Å²) in [6.45, 7) is 9.72. The van der Waals surface area contributed by atoms with Crippen molar-refractivity contribution in [1.82, 2.24) is 0 Å². The van der Waals surface area contributed by atoms with Gasteiger partial charge in [-0.15, -0.1) is 0 Å². The van der Waals surface area contributed by atoms with E-state index in [0.717, 1.165) is 12.8 Å². The van der Waals surface area contributed by atoms with Crippen LogP contribution in [0.4, 0.5) is 0 Å². The summed E-state index contributed by atoms with van der Waals surface area (Å²) < 4.78 is 23.0. The molecule has 3 unspecified atom stereocenters. The molecule has 0 radical (unpaired) electrons. The lowest BCUT2D eigenvalue weighted by Gasteiger charge is -2.28. The van der Waals surface area contributed by atoms with E-state index in [0.29, 0.717) is 19.8 Å². The summed E-state index contributed by atoms with van der Waals surface area (Å²) in [5.74, 6) is 0. The summed E-state index contributed by atoms with van der Waals surface area (Å²) in [4.78, 5) is 0. The van der Waals surface area contributed by atoms with E-state index in [2.05, 4.69) is 19.1 Å². The molecule has 0 aliphatic carbocycles. The van der Waals surface area contributed by atoms with Gasteiger partial charge in [-0.2, -0.15) is 0 Å². The van der Waals surface area contributed by atoms with Gasteiger partial charge in [-0.25, -0.2) is 0 Å². The van der Waals surface area contributed by atoms with Gasteiger partial charge in [0.15, 0.2) is 12.6 Å². The smallest absolute Gasteiger partial charge is 0.183 e. The van der Waals surface area contributed by atoms with Gasteiger partial charge in [0.1, 0.15) is 6.10 Å². The van der Waals surface area contributed by atoms with E-state index in [-0.39, 0.29) is 18.7 Å². The molecule has 126 valence electrons. The lowest BCUT2D eigenvalue weighted by Crippen LogP contribution is -2.37. The first-order valence-electron chi connectivity index (χ1n) is 8.25. The quantitative estimate of drug-likeness (QED) is 0.550. The van der Waals surface area contributed by atoms with E-state index in [9.17, 15) is 0 Å². The zero-order chi connectivity index (χ0) is 16.2. The number of hydrogen-bond acceptors (Lipinski definition) is 4. The number of rotatable bonds is 12. The highest BCUT2D eigenvalue weighted by Crippen LogP contribution is 2.14. The highest BCUT2D eigenvalue weighted by atomic mass is 16.7. The lowest BCUT2D eigenvalue weighted by atomic mass is 10.2. The van der Waals surface area contributed by atoms with Crippen molar-refractivity contribution >= 4 is 0 Å². The minimum Gasteiger partial charge on any atom is -0.353 e. The molecule has 0 saturated heterocycles. The van der Waals surface area contributed by atoms with Gasteiger partial charge in [-0.1, -0.05) is 37.3 Å². The van der Waals surface area contributed by atoms with E-state index in [4.69, 9.17) is 18.9 Å². The van der Waals surface area contributed by atoms with Crippen molar-refractivity contribution in [2.45, 2.75) is 59.2 Å². The highest BCUT2D eigenvalue weighted by molar-refractivity contribution is 5.14. The molecule has 1 rings (SSSR count). The predicted octanol–water partition coefficient (Wildman–Crippen LogP) is 3.79. The van der Waals surface area contributed by atoms with Crippen LogP contribution in [0.3, 0.4) is 0 Å². The maximum atomic E-state index is 5.92. The largest absolute Gasteiger partial charge is 0.353 e. The molecule has 0 N–H and O–H groups in total. The van der Waals surface area contributed by atoms with Crippen LogP contribution in [-0.4, -0.2) is 38.5 Å². The van der Waals surface area contributed by atoms with Crippen LogP contribution in [0.1, 0.15) is 39.7 Å². The fraction of sp³-hybridized carbons (Fsp3) is 0.667. The standard InChI is InChI=1S/C18H30O4/c1-5-17(22-15(4)19-6-2)18(20-7-3)21-14-13-16-11-9-8-10-12-16/h8-12,15,17-18H,5-7,13-14H2,1-4H3. The van der Waals surface area contributed by atoms with Gasteiger partial charge in [-0.05, 0) is 39.2 Å². The zero-order valence-electron chi connectivity index (χ0n) is 14.3. The summed E-state index contributed by atoms with van der Waals surface area (Å²) in [6, 6.07) is 10.3. The normalized spacial score (nSPS) is 15.5. The maximum absolute atomic E-state index is 5.92. The number of ether oxygens (including phenoxy) is 4. The minimum absolute atomic E-state index is 0.128. The van der Waals surface area contributed by atoms with E-state index in [1.165, 1.54) is 5.56 Å². The zero-order valence-corrected chi connectivity index (χ0v) is 14.3. The van der Waals surface area contributed by atoms with Gasteiger partial charge < -0.3 is 18.9 Å². The molecule has 3 atom stereocenters. The molecule has 0 saturated carbocycles. The first-order valence-corrected chi connectivity index (χ1v) is 8.25. The summed E-state index contributed by atoms with van der Waals surface area (Å²) in [6.07, 6.45) is 0.935. The van der Waals surface area contributed by atoms with Crippen molar-refractivity contribution in [2.24, 2.45) is 0 Å². The molecule has 0 aliphatic rings. The minimum atomic E-state index is -0.360. The molecule has 0 aromatic heterocycles. The Morgan fingerprint density at radius 1 is 0.909 bits per heavy atom. The number of benzene rings is 1. The first-order chi connectivity index (χ1) is 10.7. The first kappa shape index (κ1) is 19.1. The van der Waals surface area contributed by atoms with Gasteiger partial charge in [0, 0.05) is 13.2 Å². The molecule has 0 fully saturated rings. The van der Waals surface area contributed by atoms with Crippen LogP contribution in [0.5, 0.6) is 0 Å². The molecular formula is C18H30O4. The van der Waals surface area contributed by atoms with Crippen LogP contribution in [0, 0.1) is 0 Å². The van der Waals surface area contributed by atoms with Crippen molar-refractivity contribution in [1.29, 1.82) is 0 Å². The Bertz CT molecular complexity index is 369. The van der Waals surface area contributed by atoms with Crippen LogP contribution in [0.25, 0.3) is 0 Å². The van der Waals surface area contributed by atoms with Gasteiger partial charge in [0.05, 0.1) is 6.61 Å². The average molecular weight is 310 g/mol. The average Bonchev–Trinajstić information content (AvgIpc) is 2.53. The molecular weight excluding hydrogens is 280 g/mol. The van der Waals surface area contributed by atoms with Crippen LogP contribution < -0.4 is 0 Å². The van der Waals surface area contributed by atoms with Gasteiger partial charge >= 0.3 is 0 Å². The SMILES string of the molecule is CCOC(C)OC(CC)C(OCC)OCCc1ccccc1. The molecule has 0 bridgehead atoms. The maximum Gasteiger partial charge on any atom is 0.183 e. The summed E-state index contributed by atoms with van der Waals surface area (Å²) in [5.41, 5.74) is 1.26. The summed E-state index contributed by atoms with van der Waals surface area (Å²) >= 11 is 0. The molecule has 1 aromatic rings. The van der Waals surface area contributed by atoms with Crippen molar-refractivity contribution in [3.8, 4) is 0 Å². The van der Waals surface area contributed by atoms with E-state index in [1.54, 1.807) is 0 Å². The topological polar surface area (TPSA) is 36.9 Å². The third-order valence-electron chi connectivity index (χ3n) is 3.32. The van der Waals surface area contributed by atoms with Crippen molar-refractivity contribution in [3.63, 3.8) is 0 Å². The van der Waals surface area contributed by atoms with Crippen molar-refractivity contribution < 1.29 is 18.9 Å².